The van der Waals surface area contributed by atoms with Crippen molar-refractivity contribution in [3.63, 3.8) is 0 Å². The van der Waals surface area contributed by atoms with Gasteiger partial charge in [-0.3, -0.25) is 9.59 Å². The molecule has 0 bridgehead atoms. The lowest BCUT2D eigenvalue weighted by molar-refractivity contribution is 0.0927. The van der Waals surface area contributed by atoms with Crippen molar-refractivity contribution in [3.8, 4) is 0 Å². The number of aromatic nitrogens is 1. The van der Waals surface area contributed by atoms with E-state index in [1.807, 2.05) is 0 Å². The quantitative estimate of drug-likeness (QED) is 0.601. The Morgan fingerprint density at radius 1 is 1.67 bits per heavy atom. The third-order valence-corrected chi connectivity index (χ3v) is 1.23. The maximum Gasteiger partial charge on any atom is 0.287 e. The van der Waals surface area contributed by atoms with Gasteiger partial charge in [-0.2, -0.15) is 0 Å². The van der Waals surface area contributed by atoms with E-state index in [4.69, 9.17) is 5.73 Å². The molecule has 0 aliphatic rings. The number of carbonyl (C=O) groups is 2. The highest BCUT2D eigenvalue weighted by Crippen LogP contribution is 2.04. The van der Waals surface area contributed by atoms with Gasteiger partial charge in [0, 0.05) is 7.05 Å². The van der Waals surface area contributed by atoms with Crippen molar-refractivity contribution in [2.75, 3.05) is 7.05 Å². The van der Waals surface area contributed by atoms with Crippen LogP contribution in [-0.2, 0) is 0 Å². The Morgan fingerprint density at radius 2 is 2.33 bits per heavy atom. The topological polar surface area (TPSA) is 98.2 Å². The molecule has 0 saturated carbocycles. The van der Waals surface area contributed by atoms with Gasteiger partial charge in [0.2, 0.25) is 5.76 Å². The molecule has 3 N–H and O–H groups in total. The Morgan fingerprint density at radius 3 is 2.83 bits per heavy atom. The second-order valence-electron chi connectivity index (χ2n) is 1.97. The summed E-state index contributed by atoms with van der Waals surface area (Å²) in [5.74, 6) is -1.54. The van der Waals surface area contributed by atoms with Gasteiger partial charge in [-0.15, -0.1) is 0 Å². The van der Waals surface area contributed by atoms with Crippen LogP contribution in [0.2, 0.25) is 0 Å². The van der Waals surface area contributed by atoms with Crippen LogP contribution in [0.3, 0.4) is 0 Å². The lowest BCUT2D eigenvalue weighted by Crippen LogP contribution is -2.23. The highest BCUT2D eigenvalue weighted by Gasteiger charge is 2.18. The van der Waals surface area contributed by atoms with Gasteiger partial charge in [0.25, 0.3) is 11.8 Å². The summed E-state index contributed by atoms with van der Waals surface area (Å²) < 4.78 is 4.60. The molecule has 6 heteroatoms. The van der Waals surface area contributed by atoms with Gasteiger partial charge in [0.15, 0.2) is 12.1 Å². The smallest absolute Gasteiger partial charge is 0.287 e. The molecule has 0 aliphatic carbocycles. The fourth-order valence-corrected chi connectivity index (χ4v) is 0.701. The number of hydrogen-bond donors (Lipinski definition) is 2. The molecular weight excluding hydrogens is 162 g/mol. The predicted molar refractivity (Wildman–Crippen MR) is 38.4 cm³/mol. The molecule has 1 heterocycles. The standard InChI is InChI=1S/C6H7N3O3/c1-8-6(11)3-4(5(7)10)12-2-9-3/h2H,1H3,(H2,7,10)(H,8,11). The first-order valence-electron chi connectivity index (χ1n) is 3.12. The number of hydrogen-bond acceptors (Lipinski definition) is 4. The number of rotatable bonds is 2. The van der Waals surface area contributed by atoms with Crippen molar-refractivity contribution in [1.82, 2.24) is 10.3 Å². The molecule has 1 rings (SSSR count). The highest BCUT2D eigenvalue weighted by molar-refractivity contribution is 6.03. The molecule has 2 amide bonds. The van der Waals surface area contributed by atoms with Gasteiger partial charge in [-0.05, 0) is 0 Å². The molecule has 64 valence electrons. The fraction of sp³-hybridized carbons (Fsp3) is 0.167. The Bertz CT molecular complexity index is 318. The number of nitrogens with two attached hydrogens (primary N) is 1. The van der Waals surface area contributed by atoms with Gasteiger partial charge in [0.05, 0.1) is 0 Å². The maximum absolute atomic E-state index is 11.0. The molecular formula is C6H7N3O3. The minimum Gasteiger partial charge on any atom is -0.437 e. The molecule has 0 spiro atoms. The van der Waals surface area contributed by atoms with Crippen molar-refractivity contribution in [2.45, 2.75) is 0 Å². The maximum atomic E-state index is 11.0. The molecule has 0 fully saturated rings. The van der Waals surface area contributed by atoms with Crippen LogP contribution in [0.25, 0.3) is 0 Å². The van der Waals surface area contributed by atoms with E-state index in [1.165, 1.54) is 7.05 Å². The van der Waals surface area contributed by atoms with E-state index in [0.29, 0.717) is 0 Å². The van der Waals surface area contributed by atoms with E-state index >= 15 is 0 Å². The van der Waals surface area contributed by atoms with E-state index in [1.54, 1.807) is 0 Å². The van der Waals surface area contributed by atoms with Crippen LogP contribution in [0.4, 0.5) is 0 Å². The van der Waals surface area contributed by atoms with Crippen molar-refractivity contribution in [3.05, 3.63) is 17.8 Å². The number of nitrogens with zero attached hydrogens (tertiary/aromatic N) is 1. The average Bonchev–Trinajstić information content (AvgIpc) is 2.50. The molecule has 0 aliphatic heterocycles. The molecule has 12 heavy (non-hydrogen) atoms. The van der Waals surface area contributed by atoms with Crippen LogP contribution in [0.1, 0.15) is 21.0 Å². The van der Waals surface area contributed by atoms with Gasteiger partial charge < -0.3 is 15.5 Å². The zero-order valence-electron chi connectivity index (χ0n) is 6.33. The Hall–Kier alpha value is -1.85. The van der Waals surface area contributed by atoms with E-state index in [9.17, 15) is 9.59 Å². The minimum absolute atomic E-state index is 0.0926. The Kier molecular flexibility index (Phi) is 2.09. The molecule has 0 saturated heterocycles. The lowest BCUT2D eigenvalue weighted by atomic mass is 10.3. The number of amides is 2. The Balaban J connectivity index is 3.07. The first-order chi connectivity index (χ1) is 5.66. The van der Waals surface area contributed by atoms with Gasteiger partial charge in [-0.25, -0.2) is 4.98 Å². The molecule has 1 aromatic rings. The zero-order chi connectivity index (χ0) is 9.14. The SMILES string of the molecule is CNC(=O)c1ncoc1C(N)=O. The van der Waals surface area contributed by atoms with Crippen LogP contribution < -0.4 is 11.1 Å². The van der Waals surface area contributed by atoms with Gasteiger partial charge in [0.1, 0.15) is 0 Å². The van der Waals surface area contributed by atoms with E-state index in [0.717, 1.165) is 6.39 Å². The van der Waals surface area contributed by atoms with Crippen molar-refractivity contribution in [1.29, 1.82) is 0 Å². The summed E-state index contributed by atoms with van der Waals surface area (Å²) in [4.78, 5) is 25.1. The lowest BCUT2D eigenvalue weighted by Gasteiger charge is -1.94. The Labute approximate surface area is 67.8 Å². The summed E-state index contributed by atoms with van der Waals surface area (Å²) in [5.41, 5.74) is 4.81. The summed E-state index contributed by atoms with van der Waals surface area (Å²) in [7, 11) is 1.42. The van der Waals surface area contributed by atoms with E-state index in [-0.39, 0.29) is 11.5 Å². The van der Waals surface area contributed by atoms with Crippen molar-refractivity contribution < 1.29 is 14.0 Å². The summed E-state index contributed by atoms with van der Waals surface area (Å²) >= 11 is 0. The fourth-order valence-electron chi connectivity index (χ4n) is 0.701. The first-order valence-corrected chi connectivity index (χ1v) is 3.12. The van der Waals surface area contributed by atoms with Crippen molar-refractivity contribution >= 4 is 11.8 Å². The van der Waals surface area contributed by atoms with Gasteiger partial charge >= 0.3 is 0 Å². The summed E-state index contributed by atoms with van der Waals surface area (Å²) in [6.45, 7) is 0. The number of oxazole rings is 1. The van der Waals surface area contributed by atoms with Crippen LogP contribution in [0.15, 0.2) is 10.8 Å². The first kappa shape index (κ1) is 8.25. The third-order valence-electron chi connectivity index (χ3n) is 1.23. The molecule has 6 nitrogen and oxygen atoms in total. The summed E-state index contributed by atoms with van der Waals surface area (Å²) in [6.07, 6.45) is 0.991. The molecule has 0 radical (unpaired) electrons. The number of primary amides is 1. The van der Waals surface area contributed by atoms with Crippen LogP contribution in [0, 0.1) is 0 Å². The predicted octanol–water partition coefficient (Wildman–Crippen LogP) is -0.867. The summed E-state index contributed by atoms with van der Waals surface area (Å²) in [6, 6.07) is 0. The molecule has 1 aromatic heterocycles. The second kappa shape index (κ2) is 3.04. The van der Waals surface area contributed by atoms with E-state index < -0.39 is 11.8 Å². The second-order valence-corrected chi connectivity index (χ2v) is 1.97. The minimum atomic E-state index is -0.814. The third kappa shape index (κ3) is 1.26. The number of nitrogens with one attached hydrogen (secondary N) is 1. The van der Waals surface area contributed by atoms with Gasteiger partial charge in [-0.1, -0.05) is 0 Å². The normalized spacial score (nSPS) is 9.42. The van der Waals surface area contributed by atoms with Crippen LogP contribution in [0.5, 0.6) is 0 Å². The highest BCUT2D eigenvalue weighted by atomic mass is 16.3. The largest absolute Gasteiger partial charge is 0.437 e. The van der Waals surface area contributed by atoms with Crippen LogP contribution in [-0.4, -0.2) is 23.8 Å². The van der Waals surface area contributed by atoms with Crippen molar-refractivity contribution in [2.24, 2.45) is 5.73 Å². The zero-order valence-corrected chi connectivity index (χ0v) is 6.33. The average molecular weight is 169 g/mol. The van der Waals surface area contributed by atoms with E-state index in [2.05, 4.69) is 14.7 Å². The molecule has 0 unspecified atom stereocenters. The number of carbonyl (C=O) groups excluding carboxylic acids is 2. The van der Waals surface area contributed by atoms with Crippen LogP contribution >= 0.6 is 0 Å². The molecule has 0 atom stereocenters. The summed E-state index contributed by atoms with van der Waals surface area (Å²) in [5, 5.41) is 2.29. The monoisotopic (exact) mass is 169 g/mol. The molecule has 0 aromatic carbocycles.